The molecule has 0 unspecified atom stereocenters. The zero-order valence-electron chi connectivity index (χ0n) is 11.3. The van der Waals surface area contributed by atoms with Gasteiger partial charge in [0.05, 0.1) is 12.7 Å². The largest absolute Gasteiger partial charge is 0.465 e. The van der Waals surface area contributed by atoms with Gasteiger partial charge in [-0.25, -0.2) is 9.78 Å². The van der Waals surface area contributed by atoms with Crippen LogP contribution >= 0.6 is 0 Å². The summed E-state index contributed by atoms with van der Waals surface area (Å²) in [7, 11) is 1.35. The molecule has 0 radical (unpaired) electrons. The molecular weight excluding hydrogens is 252 g/mol. The van der Waals surface area contributed by atoms with E-state index in [4.69, 9.17) is 10.5 Å². The molecule has 0 fully saturated rings. The van der Waals surface area contributed by atoms with E-state index in [1.807, 2.05) is 13.0 Å². The minimum absolute atomic E-state index is 0.373. The molecule has 0 spiro atoms. The average Bonchev–Trinajstić information content (AvgIpc) is 2.47. The number of hydrogen-bond donors (Lipinski definition) is 1. The maximum absolute atomic E-state index is 11.5. The van der Waals surface area contributed by atoms with Crippen molar-refractivity contribution in [3.63, 3.8) is 0 Å². The summed E-state index contributed by atoms with van der Waals surface area (Å²) in [6.45, 7) is 1.94. The third-order valence-electron chi connectivity index (χ3n) is 2.79. The van der Waals surface area contributed by atoms with E-state index in [1.165, 1.54) is 7.11 Å². The van der Waals surface area contributed by atoms with Crippen molar-refractivity contribution in [3.05, 3.63) is 58.8 Å². The first-order valence-electron chi connectivity index (χ1n) is 6.02. The van der Waals surface area contributed by atoms with Gasteiger partial charge in [0.1, 0.15) is 5.82 Å². The van der Waals surface area contributed by atoms with Gasteiger partial charge in [-0.3, -0.25) is 0 Å². The van der Waals surface area contributed by atoms with Crippen LogP contribution in [0.25, 0.3) is 0 Å². The number of benzene rings is 1. The molecule has 0 aliphatic rings. The summed E-state index contributed by atoms with van der Waals surface area (Å²) in [5.74, 6) is 6.11. The van der Waals surface area contributed by atoms with Gasteiger partial charge in [-0.1, -0.05) is 17.9 Å². The second-order valence-electron chi connectivity index (χ2n) is 4.24. The molecule has 0 aliphatic heterocycles. The van der Waals surface area contributed by atoms with Crippen LogP contribution in [0.2, 0.25) is 0 Å². The number of carbonyl (C=O) groups excluding carboxylic acids is 1. The fraction of sp³-hybridized carbons (Fsp3) is 0.125. The minimum Gasteiger partial charge on any atom is -0.465 e. The maximum atomic E-state index is 11.5. The van der Waals surface area contributed by atoms with E-state index in [-0.39, 0.29) is 5.97 Å². The van der Waals surface area contributed by atoms with E-state index in [0.29, 0.717) is 11.4 Å². The molecule has 0 atom stereocenters. The van der Waals surface area contributed by atoms with Gasteiger partial charge in [0.15, 0.2) is 0 Å². The SMILES string of the molecule is COC(=O)c1ccc(C)c(C#Cc2ccc(N)nc2)c1. The Hall–Kier alpha value is -2.80. The zero-order valence-corrected chi connectivity index (χ0v) is 11.3. The average molecular weight is 266 g/mol. The van der Waals surface area contributed by atoms with Crippen LogP contribution in [0.5, 0.6) is 0 Å². The van der Waals surface area contributed by atoms with Crippen LogP contribution in [0.15, 0.2) is 36.5 Å². The van der Waals surface area contributed by atoms with E-state index >= 15 is 0 Å². The molecule has 4 nitrogen and oxygen atoms in total. The van der Waals surface area contributed by atoms with Crippen molar-refractivity contribution in [1.82, 2.24) is 4.98 Å². The number of hydrogen-bond acceptors (Lipinski definition) is 4. The molecule has 0 aliphatic carbocycles. The summed E-state index contributed by atoms with van der Waals surface area (Å²) in [4.78, 5) is 15.5. The summed E-state index contributed by atoms with van der Waals surface area (Å²) < 4.78 is 4.70. The molecule has 2 aromatic rings. The third-order valence-corrected chi connectivity index (χ3v) is 2.79. The Morgan fingerprint density at radius 1 is 1.25 bits per heavy atom. The van der Waals surface area contributed by atoms with Crippen molar-refractivity contribution in [2.24, 2.45) is 0 Å². The maximum Gasteiger partial charge on any atom is 0.337 e. The summed E-state index contributed by atoms with van der Waals surface area (Å²) in [5.41, 5.74) is 8.54. The second kappa shape index (κ2) is 5.89. The van der Waals surface area contributed by atoms with Gasteiger partial charge in [0.25, 0.3) is 0 Å². The first-order chi connectivity index (χ1) is 9.60. The molecule has 2 rings (SSSR count). The van der Waals surface area contributed by atoms with Gasteiger partial charge in [-0.05, 0) is 36.8 Å². The number of esters is 1. The van der Waals surface area contributed by atoms with Crippen LogP contribution in [0.4, 0.5) is 5.82 Å². The number of rotatable bonds is 1. The Kier molecular flexibility index (Phi) is 4.02. The molecule has 100 valence electrons. The summed E-state index contributed by atoms with van der Waals surface area (Å²) in [6.07, 6.45) is 1.61. The Labute approximate surface area is 117 Å². The third kappa shape index (κ3) is 3.15. The molecule has 0 bridgehead atoms. The van der Waals surface area contributed by atoms with Crippen LogP contribution in [0.3, 0.4) is 0 Å². The molecule has 0 saturated carbocycles. The molecule has 1 aromatic heterocycles. The number of methoxy groups -OCH3 is 1. The quantitative estimate of drug-likeness (QED) is 0.634. The van der Waals surface area contributed by atoms with Crippen molar-refractivity contribution < 1.29 is 9.53 Å². The van der Waals surface area contributed by atoms with Gasteiger partial charge in [0.2, 0.25) is 0 Å². The van der Waals surface area contributed by atoms with Crippen LogP contribution in [-0.2, 0) is 4.74 Å². The number of anilines is 1. The van der Waals surface area contributed by atoms with Gasteiger partial charge >= 0.3 is 5.97 Å². The molecular formula is C16H14N2O2. The molecule has 4 heteroatoms. The number of nitrogens with two attached hydrogens (primary N) is 1. The number of aromatic nitrogens is 1. The lowest BCUT2D eigenvalue weighted by Crippen LogP contribution is -2.01. The highest BCUT2D eigenvalue weighted by Crippen LogP contribution is 2.11. The fourth-order valence-electron chi connectivity index (χ4n) is 1.62. The summed E-state index contributed by atoms with van der Waals surface area (Å²) >= 11 is 0. The normalized spacial score (nSPS) is 9.50. The van der Waals surface area contributed by atoms with Crippen LogP contribution < -0.4 is 5.73 Å². The number of pyridine rings is 1. The highest BCUT2D eigenvalue weighted by atomic mass is 16.5. The van der Waals surface area contributed by atoms with Crippen LogP contribution in [0, 0.1) is 18.8 Å². The first kappa shape index (κ1) is 13.6. The Bertz CT molecular complexity index is 695. The molecule has 20 heavy (non-hydrogen) atoms. The van der Waals surface area contributed by atoms with Gasteiger partial charge in [-0.2, -0.15) is 0 Å². The zero-order chi connectivity index (χ0) is 14.5. The van der Waals surface area contributed by atoms with E-state index in [1.54, 1.807) is 30.5 Å². The summed E-state index contributed by atoms with van der Waals surface area (Å²) in [5, 5.41) is 0. The topological polar surface area (TPSA) is 65.2 Å². The number of ether oxygens (including phenoxy) is 1. The molecule has 0 saturated heterocycles. The number of aryl methyl sites for hydroxylation is 1. The minimum atomic E-state index is -0.373. The van der Waals surface area contributed by atoms with E-state index in [2.05, 4.69) is 16.8 Å². The molecule has 0 amide bonds. The Morgan fingerprint density at radius 3 is 2.70 bits per heavy atom. The van der Waals surface area contributed by atoms with Crippen LogP contribution in [-0.4, -0.2) is 18.1 Å². The lowest BCUT2D eigenvalue weighted by molar-refractivity contribution is 0.0600. The lowest BCUT2D eigenvalue weighted by atomic mass is 10.0. The Morgan fingerprint density at radius 2 is 2.05 bits per heavy atom. The van der Waals surface area contributed by atoms with Crippen molar-refractivity contribution in [2.45, 2.75) is 6.92 Å². The van der Waals surface area contributed by atoms with Crippen molar-refractivity contribution in [1.29, 1.82) is 0 Å². The second-order valence-corrected chi connectivity index (χ2v) is 4.24. The van der Waals surface area contributed by atoms with Gasteiger partial charge in [0, 0.05) is 17.3 Å². The summed E-state index contributed by atoms with van der Waals surface area (Å²) in [6, 6.07) is 8.78. The molecule has 1 heterocycles. The fourth-order valence-corrected chi connectivity index (χ4v) is 1.62. The van der Waals surface area contributed by atoms with E-state index < -0.39 is 0 Å². The van der Waals surface area contributed by atoms with E-state index in [0.717, 1.165) is 16.7 Å². The highest BCUT2D eigenvalue weighted by molar-refractivity contribution is 5.89. The molecule has 1 aromatic carbocycles. The molecule has 2 N–H and O–H groups in total. The number of nitrogen functional groups attached to an aromatic ring is 1. The Balaban J connectivity index is 2.34. The number of nitrogens with zero attached hydrogens (tertiary/aromatic N) is 1. The smallest absolute Gasteiger partial charge is 0.337 e. The lowest BCUT2D eigenvalue weighted by Gasteiger charge is -2.02. The van der Waals surface area contributed by atoms with Crippen molar-refractivity contribution in [3.8, 4) is 11.8 Å². The monoisotopic (exact) mass is 266 g/mol. The van der Waals surface area contributed by atoms with Crippen LogP contribution in [0.1, 0.15) is 27.0 Å². The predicted molar refractivity (Wildman–Crippen MR) is 77.1 cm³/mol. The van der Waals surface area contributed by atoms with Gasteiger partial charge in [-0.15, -0.1) is 0 Å². The van der Waals surface area contributed by atoms with Crippen molar-refractivity contribution >= 4 is 11.8 Å². The predicted octanol–water partition coefficient (Wildman–Crippen LogP) is 2.16. The first-order valence-corrected chi connectivity index (χ1v) is 6.02. The van der Waals surface area contributed by atoms with E-state index in [9.17, 15) is 4.79 Å². The van der Waals surface area contributed by atoms with Gasteiger partial charge < -0.3 is 10.5 Å². The standard InChI is InChI=1S/C16H14N2O2/c1-11-3-6-14(16(19)20-2)9-13(11)7-4-12-5-8-15(17)18-10-12/h3,5-6,8-10H,1-2H3,(H2,17,18). The highest BCUT2D eigenvalue weighted by Gasteiger charge is 2.06. The number of carbonyl (C=O) groups is 1. The van der Waals surface area contributed by atoms with Crippen molar-refractivity contribution in [2.75, 3.05) is 12.8 Å².